The van der Waals surface area contributed by atoms with Crippen molar-refractivity contribution in [1.29, 1.82) is 0 Å². The Kier molecular flexibility index (Phi) is 7.89. The van der Waals surface area contributed by atoms with Crippen LogP contribution in [0.3, 0.4) is 0 Å². The van der Waals surface area contributed by atoms with Crippen molar-refractivity contribution in [2.24, 2.45) is 11.8 Å². The zero-order valence-corrected chi connectivity index (χ0v) is 17.0. The highest BCUT2D eigenvalue weighted by atomic mass is 19.4. The summed E-state index contributed by atoms with van der Waals surface area (Å²) >= 11 is 0. The quantitative estimate of drug-likeness (QED) is 0.697. The molecular formula is C21H26F3N3O4. The summed E-state index contributed by atoms with van der Waals surface area (Å²) in [6.45, 7) is 2.93. The van der Waals surface area contributed by atoms with Crippen LogP contribution in [0.15, 0.2) is 28.8 Å². The number of aromatic nitrogens is 2. The van der Waals surface area contributed by atoms with Crippen LogP contribution in [0, 0.1) is 11.8 Å². The second-order valence-electron chi connectivity index (χ2n) is 7.88. The number of halogens is 3. The lowest BCUT2D eigenvalue weighted by Gasteiger charge is -2.25. The van der Waals surface area contributed by atoms with Crippen LogP contribution in [0.5, 0.6) is 5.75 Å². The van der Waals surface area contributed by atoms with E-state index in [0.29, 0.717) is 11.7 Å². The Labute approximate surface area is 178 Å². The van der Waals surface area contributed by atoms with Gasteiger partial charge in [-0.3, -0.25) is 0 Å². The third-order valence-electron chi connectivity index (χ3n) is 5.36. The number of carboxylic acid groups (broad SMARTS) is 1. The SMILES string of the molecule is O=C(O)C(F)(F)F.c1cc(-c2noc(CC3CNC3)n2)ccc1OCC1CCCCC1. The van der Waals surface area contributed by atoms with Gasteiger partial charge in [-0.25, -0.2) is 4.79 Å². The van der Waals surface area contributed by atoms with Crippen LogP contribution in [-0.2, 0) is 11.2 Å². The average molecular weight is 441 g/mol. The molecule has 31 heavy (non-hydrogen) atoms. The number of hydrogen-bond donors (Lipinski definition) is 2. The molecule has 2 fully saturated rings. The Morgan fingerprint density at radius 1 is 1.13 bits per heavy atom. The summed E-state index contributed by atoms with van der Waals surface area (Å²) < 4.78 is 43.0. The van der Waals surface area contributed by atoms with Crippen LogP contribution in [0.25, 0.3) is 11.4 Å². The Bertz CT molecular complexity index is 829. The number of nitrogens with zero attached hydrogens (tertiary/aromatic N) is 2. The first-order valence-electron chi connectivity index (χ1n) is 10.4. The van der Waals surface area contributed by atoms with Gasteiger partial charge in [0.05, 0.1) is 6.61 Å². The van der Waals surface area contributed by atoms with Crippen molar-refractivity contribution in [2.75, 3.05) is 19.7 Å². The van der Waals surface area contributed by atoms with Crippen LogP contribution in [0.1, 0.15) is 38.0 Å². The predicted molar refractivity (Wildman–Crippen MR) is 106 cm³/mol. The van der Waals surface area contributed by atoms with Gasteiger partial charge in [0.25, 0.3) is 0 Å². The molecule has 2 N–H and O–H groups in total. The Balaban J connectivity index is 0.000000339. The molecule has 0 bridgehead atoms. The molecule has 0 amide bonds. The van der Waals surface area contributed by atoms with E-state index < -0.39 is 12.1 Å². The van der Waals surface area contributed by atoms with Crippen molar-refractivity contribution in [2.45, 2.75) is 44.7 Å². The number of benzene rings is 1. The number of nitrogens with one attached hydrogen (secondary N) is 1. The molecule has 170 valence electrons. The first-order valence-corrected chi connectivity index (χ1v) is 10.4. The van der Waals surface area contributed by atoms with Gasteiger partial charge in [0, 0.05) is 12.0 Å². The number of carboxylic acids is 1. The Hall–Kier alpha value is -2.62. The normalized spacial score (nSPS) is 17.4. The number of rotatable bonds is 6. The van der Waals surface area contributed by atoms with Gasteiger partial charge in [-0.05, 0) is 62.0 Å². The molecule has 0 radical (unpaired) electrons. The zero-order valence-electron chi connectivity index (χ0n) is 17.0. The monoisotopic (exact) mass is 441 g/mol. The third-order valence-corrected chi connectivity index (χ3v) is 5.36. The number of carbonyl (C=O) groups is 1. The minimum atomic E-state index is -5.08. The standard InChI is InChI=1S/C19H25N3O2.C2HF3O2/c1-2-4-14(5-3-1)13-23-17-8-6-16(7-9-17)19-21-18(24-22-19)10-15-11-20-12-15;3-2(4,5)1(6)7/h6-9,14-15,20H,1-5,10-13H2;(H,6,7). The Morgan fingerprint density at radius 3 is 2.32 bits per heavy atom. The molecule has 1 saturated carbocycles. The van der Waals surface area contributed by atoms with Gasteiger partial charge in [0.2, 0.25) is 11.7 Å². The largest absolute Gasteiger partial charge is 0.493 e. The molecule has 2 aliphatic rings. The second kappa shape index (κ2) is 10.6. The van der Waals surface area contributed by atoms with E-state index in [0.717, 1.165) is 49.2 Å². The lowest BCUT2D eigenvalue weighted by molar-refractivity contribution is -0.192. The van der Waals surface area contributed by atoms with Crippen molar-refractivity contribution in [1.82, 2.24) is 15.5 Å². The lowest BCUT2D eigenvalue weighted by Crippen LogP contribution is -2.43. The lowest BCUT2D eigenvalue weighted by atomic mass is 9.90. The zero-order chi connectivity index (χ0) is 22.3. The molecule has 2 aromatic rings. The fraction of sp³-hybridized carbons (Fsp3) is 0.571. The van der Waals surface area contributed by atoms with Crippen LogP contribution in [-0.4, -0.2) is 47.1 Å². The molecule has 1 aliphatic heterocycles. The minimum absolute atomic E-state index is 0.633. The summed E-state index contributed by atoms with van der Waals surface area (Å²) in [4.78, 5) is 13.4. The fourth-order valence-corrected chi connectivity index (χ4v) is 3.46. The molecule has 1 aromatic heterocycles. The molecule has 4 rings (SSSR count). The smallest absolute Gasteiger partial charge is 0.490 e. The van der Waals surface area contributed by atoms with E-state index in [9.17, 15) is 13.2 Å². The maximum absolute atomic E-state index is 10.6. The second-order valence-corrected chi connectivity index (χ2v) is 7.88. The van der Waals surface area contributed by atoms with Gasteiger partial charge in [-0.2, -0.15) is 18.2 Å². The van der Waals surface area contributed by atoms with Crippen LogP contribution >= 0.6 is 0 Å². The van der Waals surface area contributed by atoms with Gasteiger partial charge < -0.3 is 19.7 Å². The van der Waals surface area contributed by atoms with Crippen molar-refractivity contribution >= 4 is 5.97 Å². The highest BCUT2D eigenvalue weighted by Crippen LogP contribution is 2.26. The molecule has 0 unspecified atom stereocenters. The molecule has 0 spiro atoms. The van der Waals surface area contributed by atoms with E-state index in [1.54, 1.807) is 0 Å². The summed E-state index contributed by atoms with van der Waals surface area (Å²) in [5.41, 5.74) is 0.974. The van der Waals surface area contributed by atoms with E-state index in [-0.39, 0.29) is 0 Å². The number of ether oxygens (including phenoxy) is 1. The van der Waals surface area contributed by atoms with Crippen molar-refractivity contribution in [3.63, 3.8) is 0 Å². The average Bonchev–Trinajstić information content (AvgIpc) is 3.19. The molecular weight excluding hydrogens is 415 g/mol. The molecule has 1 saturated heterocycles. The van der Waals surface area contributed by atoms with Crippen LogP contribution in [0.4, 0.5) is 13.2 Å². The van der Waals surface area contributed by atoms with Crippen LogP contribution in [0.2, 0.25) is 0 Å². The summed E-state index contributed by atoms with van der Waals surface area (Å²) in [7, 11) is 0. The summed E-state index contributed by atoms with van der Waals surface area (Å²) in [6.07, 6.45) is 2.48. The van der Waals surface area contributed by atoms with E-state index in [2.05, 4.69) is 15.5 Å². The van der Waals surface area contributed by atoms with E-state index in [1.165, 1.54) is 32.1 Å². The minimum Gasteiger partial charge on any atom is -0.493 e. The molecule has 2 heterocycles. The Morgan fingerprint density at radius 2 is 1.77 bits per heavy atom. The van der Waals surface area contributed by atoms with Gasteiger partial charge in [-0.15, -0.1) is 0 Å². The summed E-state index contributed by atoms with van der Waals surface area (Å²) in [5, 5.41) is 14.5. The van der Waals surface area contributed by atoms with Crippen LogP contribution < -0.4 is 10.1 Å². The first kappa shape index (κ1) is 23.1. The van der Waals surface area contributed by atoms with Crippen molar-refractivity contribution in [3.8, 4) is 17.1 Å². The predicted octanol–water partition coefficient (Wildman–Crippen LogP) is 4.09. The van der Waals surface area contributed by atoms with Gasteiger partial charge in [-0.1, -0.05) is 24.4 Å². The van der Waals surface area contributed by atoms with Gasteiger partial charge >= 0.3 is 12.1 Å². The van der Waals surface area contributed by atoms with Crippen molar-refractivity contribution in [3.05, 3.63) is 30.2 Å². The maximum Gasteiger partial charge on any atom is 0.490 e. The molecule has 1 aromatic carbocycles. The number of alkyl halides is 3. The van der Waals surface area contributed by atoms with E-state index >= 15 is 0 Å². The highest BCUT2D eigenvalue weighted by Gasteiger charge is 2.38. The number of aliphatic carboxylic acids is 1. The molecule has 10 heteroatoms. The maximum atomic E-state index is 10.6. The van der Waals surface area contributed by atoms with Crippen molar-refractivity contribution < 1.29 is 32.3 Å². The molecule has 1 aliphatic carbocycles. The summed E-state index contributed by atoms with van der Waals surface area (Å²) in [6, 6.07) is 8.03. The fourth-order valence-electron chi connectivity index (χ4n) is 3.46. The number of hydrogen-bond acceptors (Lipinski definition) is 6. The third kappa shape index (κ3) is 7.23. The van der Waals surface area contributed by atoms with E-state index in [1.807, 2.05) is 24.3 Å². The molecule has 0 atom stereocenters. The topological polar surface area (TPSA) is 97.5 Å². The molecule has 7 nitrogen and oxygen atoms in total. The van der Waals surface area contributed by atoms with Gasteiger partial charge in [0.15, 0.2) is 0 Å². The van der Waals surface area contributed by atoms with Gasteiger partial charge in [0.1, 0.15) is 5.75 Å². The van der Waals surface area contributed by atoms with E-state index in [4.69, 9.17) is 19.2 Å². The summed E-state index contributed by atoms with van der Waals surface area (Å²) in [5.74, 6) is 0.916. The first-order chi connectivity index (χ1) is 14.8. The highest BCUT2D eigenvalue weighted by molar-refractivity contribution is 5.73.